The number of carbonyl (C=O) groups excluding carboxylic acids is 2. The second kappa shape index (κ2) is 11.0. The lowest BCUT2D eigenvalue weighted by atomic mass is 10.2. The highest BCUT2D eigenvalue weighted by Crippen LogP contribution is 2.31. The molecule has 3 heterocycles. The number of aromatic nitrogens is 3. The summed E-state index contributed by atoms with van der Waals surface area (Å²) in [5, 5.41) is 4.67. The van der Waals surface area contributed by atoms with E-state index in [2.05, 4.69) is 25.9 Å². The molecule has 1 aromatic carbocycles. The van der Waals surface area contributed by atoms with Gasteiger partial charge in [-0.15, -0.1) is 0 Å². The number of halogens is 1. The zero-order valence-electron chi connectivity index (χ0n) is 21.9. The third-order valence-corrected chi connectivity index (χ3v) is 6.79. The van der Waals surface area contributed by atoms with Gasteiger partial charge in [-0.1, -0.05) is 30.3 Å². The predicted octanol–water partition coefficient (Wildman–Crippen LogP) is 5.02. The fourth-order valence-electron chi connectivity index (χ4n) is 4.08. The van der Waals surface area contributed by atoms with Gasteiger partial charge in [0.15, 0.2) is 5.65 Å². The van der Waals surface area contributed by atoms with Crippen molar-refractivity contribution in [2.75, 3.05) is 42.6 Å². The highest BCUT2D eigenvalue weighted by atomic mass is 79.9. The van der Waals surface area contributed by atoms with Crippen LogP contribution in [0.4, 0.5) is 21.2 Å². The SMILES string of the molecule is CCOC(=O)N1CCN(c2cc(N(Cc3ccccc3)C(=O)OC(C)(C)C)n3nc(C)c(Br)c3n2)CC1. The lowest BCUT2D eigenvalue weighted by molar-refractivity contribution is 0.0575. The average Bonchev–Trinajstić information content (AvgIpc) is 3.15. The molecular weight excluding hydrogens is 540 g/mol. The fraction of sp³-hybridized carbons (Fsp3) is 0.462. The van der Waals surface area contributed by atoms with Crippen LogP contribution < -0.4 is 9.80 Å². The molecule has 37 heavy (non-hydrogen) atoms. The number of hydrogen-bond donors (Lipinski definition) is 0. The molecular formula is C26H33BrN6O4. The molecule has 0 saturated carbocycles. The number of piperazine rings is 1. The topological polar surface area (TPSA) is 92.5 Å². The Morgan fingerprint density at radius 2 is 1.78 bits per heavy atom. The molecule has 1 saturated heterocycles. The molecule has 198 valence electrons. The molecule has 0 bridgehead atoms. The number of amides is 2. The minimum Gasteiger partial charge on any atom is -0.450 e. The highest BCUT2D eigenvalue weighted by Gasteiger charge is 2.29. The summed E-state index contributed by atoms with van der Waals surface area (Å²) in [6.07, 6.45) is -0.786. The Hall–Kier alpha value is -3.34. The van der Waals surface area contributed by atoms with Gasteiger partial charge in [0.25, 0.3) is 0 Å². The van der Waals surface area contributed by atoms with Crippen LogP contribution in [-0.4, -0.2) is 70.1 Å². The molecule has 4 rings (SSSR count). The van der Waals surface area contributed by atoms with Gasteiger partial charge in [-0.2, -0.15) is 9.61 Å². The Morgan fingerprint density at radius 1 is 1.11 bits per heavy atom. The summed E-state index contributed by atoms with van der Waals surface area (Å²) in [5.74, 6) is 1.23. The smallest absolute Gasteiger partial charge is 0.416 e. The number of aryl methyl sites for hydroxylation is 1. The van der Waals surface area contributed by atoms with Gasteiger partial charge in [0.1, 0.15) is 17.2 Å². The summed E-state index contributed by atoms with van der Waals surface area (Å²) in [4.78, 5) is 35.9. The molecule has 10 nitrogen and oxygen atoms in total. The minimum absolute atomic E-state index is 0.293. The van der Waals surface area contributed by atoms with Crippen LogP contribution in [0.2, 0.25) is 0 Å². The van der Waals surface area contributed by atoms with E-state index in [9.17, 15) is 9.59 Å². The Labute approximate surface area is 225 Å². The zero-order chi connectivity index (χ0) is 26.7. The molecule has 0 N–H and O–H groups in total. The van der Waals surface area contributed by atoms with Crippen LogP contribution in [-0.2, 0) is 16.0 Å². The molecule has 0 aliphatic carbocycles. The molecule has 1 fully saturated rings. The molecule has 2 amide bonds. The first-order valence-electron chi connectivity index (χ1n) is 12.3. The van der Waals surface area contributed by atoms with E-state index in [4.69, 9.17) is 14.5 Å². The van der Waals surface area contributed by atoms with E-state index >= 15 is 0 Å². The average molecular weight is 573 g/mol. The van der Waals surface area contributed by atoms with Crippen molar-refractivity contribution in [3.05, 3.63) is 52.1 Å². The van der Waals surface area contributed by atoms with Crippen LogP contribution in [0.5, 0.6) is 0 Å². The minimum atomic E-state index is -0.676. The number of carbonyl (C=O) groups is 2. The fourth-order valence-corrected chi connectivity index (χ4v) is 4.41. The first-order valence-corrected chi connectivity index (χ1v) is 13.1. The van der Waals surface area contributed by atoms with Crippen molar-refractivity contribution in [1.82, 2.24) is 19.5 Å². The summed E-state index contributed by atoms with van der Waals surface area (Å²) in [6.45, 7) is 12.0. The van der Waals surface area contributed by atoms with Gasteiger partial charge in [0.05, 0.1) is 23.3 Å². The molecule has 0 spiro atoms. The number of nitrogens with zero attached hydrogens (tertiary/aromatic N) is 6. The zero-order valence-corrected chi connectivity index (χ0v) is 23.5. The van der Waals surface area contributed by atoms with Crippen LogP contribution in [0.15, 0.2) is 40.9 Å². The van der Waals surface area contributed by atoms with Crippen LogP contribution in [0.25, 0.3) is 5.65 Å². The molecule has 11 heteroatoms. The van der Waals surface area contributed by atoms with Gasteiger partial charge in [-0.3, -0.25) is 4.90 Å². The number of hydrogen-bond acceptors (Lipinski definition) is 7. The molecule has 2 aromatic heterocycles. The van der Waals surface area contributed by atoms with Crippen LogP contribution in [0, 0.1) is 6.92 Å². The number of benzene rings is 1. The van der Waals surface area contributed by atoms with Gasteiger partial charge in [-0.05, 0) is 56.1 Å². The van der Waals surface area contributed by atoms with Crippen molar-refractivity contribution in [2.24, 2.45) is 0 Å². The Bertz CT molecular complexity index is 1270. The molecule has 1 aliphatic rings. The third kappa shape index (κ3) is 6.15. The summed E-state index contributed by atoms with van der Waals surface area (Å²) < 4.78 is 13.4. The molecule has 0 unspecified atom stereocenters. The van der Waals surface area contributed by atoms with Crippen molar-refractivity contribution in [3.8, 4) is 0 Å². The largest absolute Gasteiger partial charge is 0.450 e. The maximum atomic E-state index is 13.5. The van der Waals surface area contributed by atoms with Crippen molar-refractivity contribution >= 4 is 45.4 Å². The summed E-state index contributed by atoms with van der Waals surface area (Å²) in [6, 6.07) is 11.6. The van der Waals surface area contributed by atoms with Crippen LogP contribution >= 0.6 is 15.9 Å². The monoisotopic (exact) mass is 572 g/mol. The number of anilines is 2. The first kappa shape index (κ1) is 26.7. The van der Waals surface area contributed by atoms with E-state index in [1.165, 1.54) is 0 Å². The Balaban J connectivity index is 1.75. The van der Waals surface area contributed by atoms with E-state index in [0.717, 1.165) is 15.7 Å². The summed E-state index contributed by atoms with van der Waals surface area (Å²) in [7, 11) is 0. The molecule has 3 aromatic rings. The molecule has 0 radical (unpaired) electrons. The number of rotatable bonds is 5. The van der Waals surface area contributed by atoms with Gasteiger partial charge in [0, 0.05) is 32.2 Å². The van der Waals surface area contributed by atoms with Gasteiger partial charge < -0.3 is 19.3 Å². The predicted molar refractivity (Wildman–Crippen MR) is 145 cm³/mol. The Morgan fingerprint density at radius 3 is 2.41 bits per heavy atom. The van der Waals surface area contributed by atoms with Gasteiger partial charge >= 0.3 is 12.2 Å². The van der Waals surface area contributed by atoms with E-state index in [1.54, 1.807) is 21.2 Å². The molecule has 1 aliphatic heterocycles. The van der Waals surface area contributed by atoms with Gasteiger partial charge in [0.2, 0.25) is 0 Å². The van der Waals surface area contributed by atoms with E-state index in [-0.39, 0.29) is 6.09 Å². The van der Waals surface area contributed by atoms with E-state index in [1.807, 2.05) is 64.1 Å². The first-order chi connectivity index (χ1) is 17.6. The van der Waals surface area contributed by atoms with E-state index in [0.29, 0.717) is 56.6 Å². The second-order valence-electron chi connectivity index (χ2n) is 9.83. The quantitative estimate of drug-likeness (QED) is 0.423. The van der Waals surface area contributed by atoms with Crippen molar-refractivity contribution < 1.29 is 19.1 Å². The van der Waals surface area contributed by atoms with Crippen molar-refractivity contribution in [3.63, 3.8) is 0 Å². The van der Waals surface area contributed by atoms with Crippen molar-refractivity contribution in [1.29, 1.82) is 0 Å². The van der Waals surface area contributed by atoms with Gasteiger partial charge in [-0.25, -0.2) is 14.6 Å². The number of fused-ring (bicyclic) bond motifs is 1. The van der Waals surface area contributed by atoms with Crippen LogP contribution in [0.3, 0.4) is 0 Å². The van der Waals surface area contributed by atoms with Crippen LogP contribution in [0.1, 0.15) is 39.0 Å². The maximum Gasteiger partial charge on any atom is 0.416 e. The lowest BCUT2D eigenvalue weighted by Gasteiger charge is -2.35. The van der Waals surface area contributed by atoms with Crippen molar-refractivity contribution in [2.45, 2.75) is 46.8 Å². The number of ether oxygens (including phenoxy) is 2. The normalized spacial score (nSPS) is 14.1. The van der Waals surface area contributed by atoms with E-state index < -0.39 is 11.7 Å². The summed E-state index contributed by atoms with van der Waals surface area (Å²) in [5.41, 5.74) is 1.62. The Kier molecular flexibility index (Phi) is 7.91. The summed E-state index contributed by atoms with van der Waals surface area (Å²) >= 11 is 3.62. The maximum absolute atomic E-state index is 13.5. The molecule has 0 atom stereocenters. The third-order valence-electron chi connectivity index (χ3n) is 5.86. The highest BCUT2D eigenvalue weighted by molar-refractivity contribution is 9.10. The second-order valence-corrected chi connectivity index (χ2v) is 10.6. The standard InChI is InChI=1S/C26H33BrN6O4/c1-6-36-24(34)31-14-12-30(13-15-31)20-16-21(33-23(28-20)22(27)18(2)29-33)32(25(35)37-26(3,4)5)17-19-10-8-7-9-11-19/h7-11,16H,6,12-15,17H2,1-5H3. The lowest BCUT2D eigenvalue weighted by Crippen LogP contribution is -2.49.